The summed E-state index contributed by atoms with van der Waals surface area (Å²) in [7, 11) is 0. The summed E-state index contributed by atoms with van der Waals surface area (Å²) in [5.41, 5.74) is 2.12. The predicted molar refractivity (Wildman–Crippen MR) is 87.3 cm³/mol. The lowest BCUT2D eigenvalue weighted by atomic mass is 10.2. The van der Waals surface area contributed by atoms with Gasteiger partial charge in [-0.15, -0.1) is 11.3 Å². The van der Waals surface area contributed by atoms with E-state index in [4.69, 9.17) is 4.74 Å². The first-order valence-corrected chi connectivity index (χ1v) is 8.39. The lowest BCUT2D eigenvalue weighted by molar-refractivity contribution is 0.299. The predicted octanol–water partition coefficient (Wildman–Crippen LogP) is 4.29. The van der Waals surface area contributed by atoms with Crippen LogP contribution in [0.2, 0.25) is 0 Å². The second kappa shape index (κ2) is 7.76. The van der Waals surface area contributed by atoms with Crippen molar-refractivity contribution in [1.82, 2.24) is 10.3 Å². The minimum Gasteiger partial charge on any atom is -0.487 e. The van der Waals surface area contributed by atoms with Gasteiger partial charge in [-0.1, -0.05) is 22.9 Å². The van der Waals surface area contributed by atoms with Gasteiger partial charge in [0.15, 0.2) is 0 Å². The number of hydrogen-bond acceptors (Lipinski definition) is 4. The third-order valence-corrected chi connectivity index (χ3v) is 4.21. The van der Waals surface area contributed by atoms with Crippen LogP contribution in [0.3, 0.4) is 0 Å². The van der Waals surface area contributed by atoms with E-state index in [1.807, 2.05) is 19.1 Å². The van der Waals surface area contributed by atoms with E-state index in [1.54, 1.807) is 11.3 Å². The maximum atomic E-state index is 5.82. The Morgan fingerprint density at radius 1 is 1.40 bits per heavy atom. The standard InChI is InChI=1S/C15H19BrN2OS/c1-3-6-17-8-15-18-13(10-20-15)9-19-14-5-4-12(16)7-11(14)2/h4-5,7,10,17H,3,6,8-9H2,1-2H3. The molecule has 0 aliphatic rings. The lowest BCUT2D eigenvalue weighted by Gasteiger charge is -2.07. The molecule has 0 bridgehead atoms. The van der Waals surface area contributed by atoms with Crippen LogP contribution in [0.5, 0.6) is 5.75 Å². The van der Waals surface area contributed by atoms with Crippen LogP contribution in [0.4, 0.5) is 0 Å². The van der Waals surface area contributed by atoms with Gasteiger partial charge in [0, 0.05) is 16.4 Å². The number of aryl methyl sites for hydroxylation is 1. The molecule has 5 heteroatoms. The van der Waals surface area contributed by atoms with E-state index < -0.39 is 0 Å². The number of aromatic nitrogens is 1. The van der Waals surface area contributed by atoms with Gasteiger partial charge in [-0.2, -0.15) is 0 Å². The van der Waals surface area contributed by atoms with Crippen molar-refractivity contribution in [2.45, 2.75) is 33.4 Å². The maximum absolute atomic E-state index is 5.82. The summed E-state index contributed by atoms with van der Waals surface area (Å²) in [5, 5.41) is 6.54. The second-order valence-corrected chi connectivity index (χ2v) is 6.47. The van der Waals surface area contributed by atoms with Gasteiger partial charge in [-0.25, -0.2) is 4.98 Å². The van der Waals surface area contributed by atoms with E-state index in [0.29, 0.717) is 6.61 Å². The Morgan fingerprint density at radius 3 is 3.00 bits per heavy atom. The van der Waals surface area contributed by atoms with E-state index in [-0.39, 0.29) is 0 Å². The highest BCUT2D eigenvalue weighted by atomic mass is 79.9. The normalized spacial score (nSPS) is 10.8. The Kier molecular flexibility index (Phi) is 6.01. The zero-order valence-electron chi connectivity index (χ0n) is 11.8. The number of hydrogen-bond donors (Lipinski definition) is 1. The van der Waals surface area contributed by atoms with E-state index in [0.717, 1.165) is 46.0 Å². The topological polar surface area (TPSA) is 34.2 Å². The van der Waals surface area contributed by atoms with E-state index in [2.05, 4.69) is 44.6 Å². The molecule has 108 valence electrons. The number of thiazole rings is 1. The Hall–Kier alpha value is -0.910. The number of rotatable bonds is 7. The Bertz CT molecular complexity index is 557. The zero-order valence-corrected chi connectivity index (χ0v) is 14.2. The van der Waals surface area contributed by atoms with E-state index in [9.17, 15) is 0 Å². The summed E-state index contributed by atoms with van der Waals surface area (Å²) in [4.78, 5) is 4.57. The number of benzene rings is 1. The molecular weight excluding hydrogens is 336 g/mol. The van der Waals surface area contributed by atoms with Crippen LogP contribution >= 0.6 is 27.3 Å². The molecule has 0 fully saturated rings. The molecule has 3 nitrogen and oxygen atoms in total. The summed E-state index contributed by atoms with van der Waals surface area (Å²) < 4.78 is 6.89. The highest BCUT2D eigenvalue weighted by molar-refractivity contribution is 9.10. The fourth-order valence-electron chi connectivity index (χ4n) is 1.79. The van der Waals surface area contributed by atoms with Crippen LogP contribution in [-0.4, -0.2) is 11.5 Å². The Morgan fingerprint density at radius 2 is 2.25 bits per heavy atom. The average Bonchev–Trinajstić information content (AvgIpc) is 2.86. The molecule has 0 saturated heterocycles. The van der Waals surface area contributed by atoms with Gasteiger partial charge < -0.3 is 10.1 Å². The molecule has 1 aromatic heterocycles. The average molecular weight is 355 g/mol. The van der Waals surface area contributed by atoms with Crippen LogP contribution in [-0.2, 0) is 13.2 Å². The lowest BCUT2D eigenvalue weighted by Crippen LogP contribution is -2.13. The maximum Gasteiger partial charge on any atom is 0.131 e. The fraction of sp³-hybridized carbons (Fsp3) is 0.400. The monoisotopic (exact) mass is 354 g/mol. The van der Waals surface area contributed by atoms with Gasteiger partial charge in [0.2, 0.25) is 0 Å². The molecule has 1 heterocycles. The highest BCUT2D eigenvalue weighted by Crippen LogP contribution is 2.23. The van der Waals surface area contributed by atoms with Gasteiger partial charge >= 0.3 is 0 Å². The Labute approximate surface area is 132 Å². The molecule has 0 radical (unpaired) electrons. The van der Waals surface area contributed by atoms with Crippen molar-refractivity contribution in [3.8, 4) is 5.75 Å². The van der Waals surface area contributed by atoms with Gasteiger partial charge in [-0.05, 0) is 43.7 Å². The third-order valence-electron chi connectivity index (χ3n) is 2.81. The minimum absolute atomic E-state index is 0.521. The molecule has 0 unspecified atom stereocenters. The molecule has 0 spiro atoms. The van der Waals surface area contributed by atoms with Crippen molar-refractivity contribution < 1.29 is 4.74 Å². The molecule has 2 rings (SSSR count). The molecule has 1 N–H and O–H groups in total. The highest BCUT2D eigenvalue weighted by Gasteiger charge is 2.04. The zero-order chi connectivity index (χ0) is 14.4. The van der Waals surface area contributed by atoms with Crippen molar-refractivity contribution in [2.75, 3.05) is 6.54 Å². The van der Waals surface area contributed by atoms with Gasteiger partial charge in [-0.3, -0.25) is 0 Å². The van der Waals surface area contributed by atoms with Crippen LogP contribution in [0.25, 0.3) is 0 Å². The molecule has 0 atom stereocenters. The van der Waals surface area contributed by atoms with Crippen LogP contribution in [0.1, 0.15) is 29.6 Å². The van der Waals surface area contributed by atoms with Crippen molar-refractivity contribution in [3.05, 3.63) is 44.3 Å². The van der Waals surface area contributed by atoms with Crippen molar-refractivity contribution in [3.63, 3.8) is 0 Å². The van der Waals surface area contributed by atoms with Crippen molar-refractivity contribution >= 4 is 27.3 Å². The Balaban J connectivity index is 1.87. The van der Waals surface area contributed by atoms with Crippen molar-refractivity contribution in [1.29, 1.82) is 0 Å². The third kappa shape index (κ3) is 4.58. The van der Waals surface area contributed by atoms with E-state index in [1.165, 1.54) is 0 Å². The van der Waals surface area contributed by atoms with Crippen LogP contribution < -0.4 is 10.1 Å². The van der Waals surface area contributed by atoms with Gasteiger partial charge in [0.25, 0.3) is 0 Å². The molecule has 0 aliphatic heterocycles. The molecule has 0 amide bonds. The second-order valence-electron chi connectivity index (χ2n) is 4.61. The van der Waals surface area contributed by atoms with E-state index >= 15 is 0 Å². The summed E-state index contributed by atoms with van der Waals surface area (Å²) in [5.74, 6) is 0.909. The number of halogens is 1. The van der Waals surface area contributed by atoms with Gasteiger partial charge in [0.1, 0.15) is 17.4 Å². The minimum atomic E-state index is 0.521. The number of ether oxygens (including phenoxy) is 1. The molecule has 0 saturated carbocycles. The molecule has 1 aromatic carbocycles. The van der Waals surface area contributed by atoms with Crippen LogP contribution in [0, 0.1) is 6.92 Å². The molecule has 0 aliphatic carbocycles. The first kappa shape index (κ1) is 15.5. The SMILES string of the molecule is CCCNCc1nc(COc2ccc(Br)cc2C)cs1. The summed E-state index contributed by atoms with van der Waals surface area (Å²) in [6.07, 6.45) is 1.14. The molecular formula is C15H19BrN2OS. The summed E-state index contributed by atoms with van der Waals surface area (Å²) in [6.45, 7) is 6.60. The molecule has 20 heavy (non-hydrogen) atoms. The van der Waals surface area contributed by atoms with Crippen LogP contribution in [0.15, 0.2) is 28.1 Å². The summed E-state index contributed by atoms with van der Waals surface area (Å²) >= 11 is 5.13. The molecule has 2 aromatic rings. The van der Waals surface area contributed by atoms with Gasteiger partial charge in [0.05, 0.1) is 5.69 Å². The first-order chi connectivity index (χ1) is 9.69. The fourth-order valence-corrected chi connectivity index (χ4v) is 3.02. The summed E-state index contributed by atoms with van der Waals surface area (Å²) in [6, 6.07) is 6.02. The number of nitrogens with one attached hydrogen (secondary N) is 1. The first-order valence-electron chi connectivity index (χ1n) is 6.72. The smallest absolute Gasteiger partial charge is 0.131 e. The quantitative estimate of drug-likeness (QED) is 0.753. The largest absolute Gasteiger partial charge is 0.487 e. The number of nitrogens with zero attached hydrogens (tertiary/aromatic N) is 1. The van der Waals surface area contributed by atoms with Crippen molar-refractivity contribution in [2.24, 2.45) is 0 Å².